The topological polar surface area (TPSA) is 60.2 Å². The largest absolute Gasteiger partial charge is 0.444 e. The summed E-state index contributed by atoms with van der Waals surface area (Å²) in [6, 6.07) is 1.88. The number of hydrogen-bond donors (Lipinski definition) is 0. The number of nitrogens with zero attached hydrogens (tertiary/aromatic N) is 4. The maximum Gasteiger partial charge on any atom is 0.410 e. The van der Waals surface area contributed by atoms with Crippen molar-refractivity contribution in [3.05, 3.63) is 23.7 Å². The van der Waals surface area contributed by atoms with Crippen molar-refractivity contribution in [3.8, 4) is 0 Å². The highest BCUT2D eigenvalue weighted by Gasteiger charge is 2.21. The highest BCUT2D eigenvalue weighted by molar-refractivity contribution is 6.33. The molecule has 0 aliphatic rings. The summed E-state index contributed by atoms with van der Waals surface area (Å²) in [5.74, 6) is 0. The zero-order valence-electron chi connectivity index (χ0n) is 13.3. The first kappa shape index (κ1) is 16.5. The van der Waals surface area contributed by atoms with Crippen molar-refractivity contribution in [2.45, 2.75) is 39.8 Å². The summed E-state index contributed by atoms with van der Waals surface area (Å²) in [7, 11) is 0. The average Bonchev–Trinajstić information content (AvgIpc) is 2.82. The fraction of sp³-hybridized carbons (Fsp3) is 0.533. The van der Waals surface area contributed by atoms with Crippen LogP contribution in [0.1, 0.15) is 27.7 Å². The first-order valence-corrected chi connectivity index (χ1v) is 7.63. The van der Waals surface area contributed by atoms with Crippen LogP contribution in [0.25, 0.3) is 11.0 Å². The number of fused-ring (bicyclic) bond motifs is 1. The minimum Gasteiger partial charge on any atom is -0.444 e. The van der Waals surface area contributed by atoms with Gasteiger partial charge in [-0.2, -0.15) is 0 Å². The van der Waals surface area contributed by atoms with Crippen molar-refractivity contribution in [1.82, 2.24) is 19.4 Å². The van der Waals surface area contributed by atoms with Gasteiger partial charge in [-0.15, -0.1) is 0 Å². The lowest BCUT2D eigenvalue weighted by molar-refractivity contribution is 0.0255. The molecule has 0 aliphatic heterocycles. The molecule has 7 heteroatoms. The van der Waals surface area contributed by atoms with E-state index in [-0.39, 0.29) is 6.09 Å². The van der Waals surface area contributed by atoms with Crippen molar-refractivity contribution in [2.75, 3.05) is 13.1 Å². The second-order valence-corrected chi connectivity index (χ2v) is 6.33. The van der Waals surface area contributed by atoms with Gasteiger partial charge in [0.15, 0.2) is 5.15 Å². The van der Waals surface area contributed by atoms with Gasteiger partial charge in [-0.3, -0.25) is 0 Å². The van der Waals surface area contributed by atoms with E-state index in [1.54, 1.807) is 4.90 Å². The molecule has 0 saturated carbocycles. The molecular formula is C15H21ClN4O2. The number of carbonyl (C=O) groups is 1. The van der Waals surface area contributed by atoms with Crippen molar-refractivity contribution in [2.24, 2.45) is 0 Å². The first-order valence-electron chi connectivity index (χ1n) is 7.25. The Kier molecular flexibility index (Phi) is 4.90. The van der Waals surface area contributed by atoms with Crippen molar-refractivity contribution >= 4 is 28.7 Å². The Morgan fingerprint density at radius 2 is 2.14 bits per heavy atom. The van der Waals surface area contributed by atoms with Crippen molar-refractivity contribution < 1.29 is 9.53 Å². The molecule has 2 aromatic heterocycles. The number of amides is 1. The molecule has 2 aromatic rings. The predicted molar refractivity (Wildman–Crippen MR) is 86.0 cm³/mol. The molecule has 0 bridgehead atoms. The number of likely N-dealkylation sites (N-methyl/N-ethyl adjacent to an activating group) is 1. The molecule has 6 nitrogen and oxygen atoms in total. The minimum atomic E-state index is -0.498. The van der Waals surface area contributed by atoms with Crippen LogP contribution >= 0.6 is 11.6 Å². The van der Waals surface area contributed by atoms with Crippen LogP contribution in [-0.4, -0.2) is 44.2 Å². The number of aromatic nitrogens is 3. The maximum atomic E-state index is 12.1. The molecule has 0 spiro atoms. The van der Waals surface area contributed by atoms with Gasteiger partial charge in [-0.25, -0.2) is 14.8 Å². The molecule has 0 aliphatic carbocycles. The third-order valence-electron chi connectivity index (χ3n) is 3.15. The van der Waals surface area contributed by atoms with Crippen molar-refractivity contribution in [3.63, 3.8) is 0 Å². The standard InChI is InChI=1S/C15H21ClN4O2/c1-5-19(14(21)22-15(2,3)4)8-9-20-7-6-11-12(20)13(16)18-10-17-11/h6-7,10H,5,8-9H2,1-4H3. The van der Waals surface area contributed by atoms with Crippen LogP contribution in [0.3, 0.4) is 0 Å². The Hall–Kier alpha value is -1.82. The molecule has 22 heavy (non-hydrogen) atoms. The van der Waals surface area contributed by atoms with Crippen LogP contribution in [0, 0.1) is 0 Å². The van der Waals surface area contributed by atoms with E-state index in [1.165, 1.54) is 6.33 Å². The minimum absolute atomic E-state index is 0.311. The molecule has 120 valence electrons. The smallest absolute Gasteiger partial charge is 0.410 e. The molecule has 0 N–H and O–H groups in total. The third-order valence-corrected chi connectivity index (χ3v) is 3.43. The van der Waals surface area contributed by atoms with Gasteiger partial charge in [0.2, 0.25) is 0 Å². The SMILES string of the molecule is CCN(CCn1ccc2ncnc(Cl)c21)C(=O)OC(C)(C)C. The molecule has 0 atom stereocenters. The van der Waals surface area contributed by atoms with E-state index in [1.807, 2.05) is 44.5 Å². The van der Waals surface area contributed by atoms with E-state index in [0.717, 1.165) is 11.0 Å². The Labute approximate surface area is 135 Å². The molecule has 2 heterocycles. The fourth-order valence-corrected chi connectivity index (χ4v) is 2.36. The van der Waals surface area contributed by atoms with Gasteiger partial charge in [0.25, 0.3) is 0 Å². The van der Waals surface area contributed by atoms with Crippen LogP contribution in [-0.2, 0) is 11.3 Å². The Morgan fingerprint density at radius 3 is 2.77 bits per heavy atom. The molecule has 0 saturated heterocycles. The van der Waals surface area contributed by atoms with Gasteiger partial charge in [-0.05, 0) is 33.8 Å². The maximum absolute atomic E-state index is 12.1. The zero-order valence-corrected chi connectivity index (χ0v) is 14.1. The van der Waals surface area contributed by atoms with E-state index < -0.39 is 5.60 Å². The van der Waals surface area contributed by atoms with Gasteiger partial charge in [-0.1, -0.05) is 11.6 Å². The number of rotatable bonds is 4. The van der Waals surface area contributed by atoms with Crippen LogP contribution in [0.4, 0.5) is 4.79 Å². The lowest BCUT2D eigenvalue weighted by Crippen LogP contribution is -2.38. The lowest BCUT2D eigenvalue weighted by Gasteiger charge is -2.26. The summed E-state index contributed by atoms with van der Waals surface area (Å²) in [6.45, 7) is 9.20. The summed E-state index contributed by atoms with van der Waals surface area (Å²) in [4.78, 5) is 22.0. The van der Waals surface area contributed by atoms with Crippen LogP contribution in [0.5, 0.6) is 0 Å². The summed E-state index contributed by atoms with van der Waals surface area (Å²) in [5, 5.41) is 0.412. The van der Waals surface area contributed by atoms with E-state index in [0.29, 0.717) is 24.8 Å². The van der Waals surface area contributed by atoms with E-state index >= 15 is 0 Å². The molecular weight excluding hydrogens is 304 g/mol. The molecule has 2 rings (SSSR count). The fourth-order valence-electron chi connectivity index (χ4n) is 2.11. The van der Waals surface area contributed by atoms with E-state index in [2.05, 4.69) is 9.97 Å². The molecule has 0 unspecified atom stereocenters. The first-order chi connectivity index (χ1) is 10.3. The monoisotopic (exact) mass is 324 g/mol. The van der Waals surface area contributed by atoms with Crippen LogP contribution < -0.4 is 0 Å². The third kappa shape index (κ3) is 3.88. The normalized spacial score (nSPS) is 11.7. The highest BCUT2D eigenvalue weighted by Crippen LogP contribution is 2.20. The number of ether oxygens (including phenoxy) is 1. The second kappa shape index (κ2) is 6.52. The number of carbonyl (C=O) groups excluding carboxylic acids is 1. The summed E-state index contributed by atoms with van der Waals surface area (Å²) < 4.78 is 7.35. The molecule has 0 radical (unpaired) electrons. The zero-order chi connectivity index (χ0) is 16.3. The molecule has 0 aromatic carbocycles. The predicted octanol–water partition coefficient (Wildman–Crippen LogP) is 3.34. The van der Waals surface area contributed by atoms with Crippen molar-refractivity contribution in [1.29, 1.82) is 0 Å². The summed E-state index contributed by atoms with van der Waals surface area (Å²) >= 11 is 6.13. The average molecular weight is 325 g/mol. The Bertz CT molecular complexity index is 663. The van der Waals surface area contributed by atoms with Gasteiger partial charge in [0.05, 0.1) is 5.52 Å². The van der Waals surface area contributed by atoms with Gasteiger partial charge >= 0.3 is 6.09 Å². The Balaban J connectivity index is 2.08. The van der Waals surface area contributed by atoms with Gasteiger partial charge in [0, 0.05) is 25.8 Å². The second-order valence-electron chi connectivity index (χ2n) is 5.97. The van der Waals surface area contributed by atoms with Gasteiger partial charge < -0.3 is 14.2 Å². The quantitative estimate of drug-likeness (QED) is 0.809. The van der Waals surface area contributed by atoms with Crippen LogP contribution in [0.15, 0.2) is 18.6 Å². The van der Waals surface area contributed by atoms with Gasteiger partial charge in [0.1, 0.15) is 17.4 Å². The Morgan fingerprint density at radius 1 is 1.41 bits per heavy atom. The lowest BCUT2D eigenvalue weighted by atomic mass is 10.2. The van der Waals surface area contributed by atoms with Crippen LogP contribution in [0.2, 0.25) is 5.15 Å². The van der Waals surface area contributed by atoms with E-state index in [4.69, 9.17) is 16.3 Å². The van der Waals surface area contributed by atoms with E-state index in [9.17, 15) is 4.79 Å². The molecule has 1 amide bonds. The summed E-state index contributed by atoms with van der Waals surface area (Å²) in [5.41, 5.74) is 1.08. The molecule has 0 fully saturated rings. The summed E-state index contributed by atoms with van der Waals surface area (Å²) in [6.07, 6.45) is 3.02. The highest BCUT2D eigenvalue weighted by atomic mass is 35.5. The number of halogens is 1. The number of hydrogen-bond acceptors (Lipinski definition) is 4.